The third-order valence-electron chi connectivity index (χ3n) is 12.9. The normalized spacial score (nSPS) is 12.5. The molecule has 0 bridgehead atoms. The molecule has 1 aliphatic heterocycles. The number of fused-ring (bicyclic) bond motifs is 4. The number of nitrogens with zero attached hydrogens (tertiary/aromatic N) is 4. The van der Waals surface area contributed by atoms with Gasteiger partial charge in [-0.1, -0.05) is 119 Å². The number of hydrogen-bond acceptors (Lipinski definition) is 4. The number of ether oxygens (including phenoxy) is 1. The highest BCUT2D eigenvalue weighted by Crippen LogP contribution is 2.50. The molecule has 0 spiro atoms. The second-order valence-electron chi connectivity index (χ2n) is 17.9. The van der Waals surface area contributed by atoms with E-state index in [1.54, 1.807) is 0 Å². The van der Waals surface area contributed by atoms with Crippen LogP contribution in [0.15, 0.2) is 194 Å². The molecule has 7 heteroatoms. The van der Waals surface area contributed by atoms with E-state index in [9.17, 15) is 8.78 Å². The molecule has 11 rings (SSSR count). The van der Waals surface area contributed by atoms with E-state index in [-0.39, 0.29) is 11.8 Å². The van der Waals surface area contributed by atoms with Gasteiger partial charge in [0.25, 0.3) is 0 Å². The summed E-state index contributed by atoms with van der Waals surface area (Å²) in [5.74, 6) is 1.29. The molecule has 1 aliphatic rings. The first-order chi connectivity index (χ1) is 32.7. The van der Waals surface area contributed by atoms with E-state index in [0.29, 0.717) is 23.7 Å². The average molecular weight is 879 g/mol. The summed E-state index contributed by atoms with van der Waals surface area (Å²) < 4.78 is 38.4. The number of pyridine rings is 1. The second kappa shape index (κ2) is 17.1. The van der Waals surface area contributed by atoms with Crippen molar-refractivity contribution in [1.82, 2.24) is 9.55 Å². The van der Waals surface area contributed by atoms with Gasteiger partial charge in [-0.3, -0.25) is 4.57 Å². The van der Waals surface area contributed by atoms with Crippen LogP contribution in [0.25, 0.3) is 61.0 Å². The zero-order valence-corrected chi connectivity index (χ0v) is 37.8. The van der Waals surface area contributed by atoms with Crippen LogP contribution >= 0.6 is 0 Å². The molecule has 5 nitrogen and oxygen atoms in total. The number of anilines is 4. The van der Waals surface area contributed by atoms with E-state index in [1.807, 2.05) is 36.5 Å². The first-order valence-corrected chi connectivity index (χ1v) is 22.9. The van der Waals surface area contributed by atoms with Gasteiger partial charge in [-0.25, -0.2) is 13.8 Å². The van der Waals surface area contributed by atoms with E-state index in [2.05, 4.69) is 182 Å². The molecule has 0 saturated carbocycles. The monoisotopic (exact) mass is 878 g/mol. The molecule has 0 unspecified atom stereocenters. The quantitative estimate of drug-likeness (QED) is 0.137. The van der Waals surface area contributed by atoms with Gasteiger partial charge in [0.15, 0.2) is 0 Å². The number of rotatable bonds is 10. The van der Waals surface area contributed by atoms with Crippen molar-refractivity contribution in [2.45, 2.75) is 39.5 Å². The molecule has 3 heterocycles. The Morgan fingerprint density at radius 2 is 1.04 bits per heavy atom. The van der Waals surface area contributed by atoms with Crippen LogP contribution in [0.2, 0.25) is 0 Å². The zero-order valence-electron chi connectivity index (χ0n) is 37.8. The largest absolute Gasteiger partial charge is 0.457 e. The Bertz CT molecular complexity index is 3410. The fourth-order valence-electron chi connectivity index (χ4n) is 9.72. The Hall–Kier alpha value is -8.03. The van der Waals surface area contributed by atoms with Crippen LogP contribution in [0.5, 0.6) is 11.5 Å². The molecule has 328 valence electrons. The van der Waals surface area contributed by atoms with Gasteiger partial charge >= 0.3 is 0 Å². The first kappa shape index (κ1) is 41.7. The van der Waals surface area contributed by atoms with Gasteiger partial charge in [0, 0.05) is 46.5 Å². The van der Waals surface area contributed by atoms with Crippen molar-refractivity contribution in [3.63, 3.8) is 0 Å². The molecule has 8 aromatic carbocycles. The smallest absolute Gasteiger partial charge is 0.137 e. The van der Waals surface area contributed by atoms with Crippen molar-refractivity contribution in [1.29, 1.82) is 0 Å². The van der Waals surface area contributed by atoms with E-state index >= 15 is 0 Å². The number of aromatic nitrogens is 2. The molecule has 0 fully saturated rings. The second-order valence-corrected chi connectivity index (χ2v) is 17.9. The third kappa shape index (κ3) is 7.76. The first-order valence-electron chi connectivity index (χ1n) is 22.9. The van der Waals surface area contributed by atoms with E-state index in [4.69, 9.17) is 9.72 Å². The van der Waals surface area contributed by atoms with Gasteiger partial charge in [-0.2, -0.15) is 0 Å². The van der Waals surface area contributed by atoms with Gasteiger partial charge in [0.05, 0.1) is 22.4 Å². The maximum absolute atomic E-state index is 14.6. The van der Waals surface area contributed by atoms with E-state index in [0.717, 1.165) is 95.4 Å². The molecule has 0 saturated heterocycles. The maximum atomic E-state index is 14.6. The lowest BCUT2D eigenvalue weighted by atomic mass is 9.87. The fraction of sp³-hybridized carbons (Fsp3) is 0.117. The van der Waals surface area contributed by atoms with Crippen LogP contribution in [0.4, 0.5) is 31.5 Å². The molecule has 0 radical (unpaired) electrons. The van der Waals surface area contributed by atoms with Crippen molar-refractivity contribution in [3.8, 4) is 50.7 Å². The molecule has 0 aliphatic carbocycles. The summed E-state index contributed by atoms with van der Waals surface area (Å²) in [6, 6.07) is 62.9. The predicted octanol–water partition coefficient (Wildman–Crippen LogP) is 16.7. The number of para-hydroxylation sites is 3. The average Bonchev–Trinajstić information content (AvgIpc) is 3.90. The molecule has 0 atom stereocenters. The van der Waals surface area contributed by atoms with Gasteiger partial charge < -0.3 is 14.5 Å². The fourth-order valence-corrected chi connectivity index (χ4v) is 9.72. The Balaban J connectivity index is 1.04. The topological polar surface area (TPSA) is 33.5 Å². The summed E-state index contributed by atoms with van der Waals surface area (Å²) in [6.07, 6.45) is 1.82. The number of halogens is 2. The molecule has 0 amide bonds. The van der Waals surface area contributed by atoms with Crippen molar-refractivity contribution >= 4 is 44.6 Å². The summed E-state index contributed by atoms with van der Waals surface area (Å²) in [7, 11) is 0. The van der Waals surface area contributed by atoms with E-state index in [1.165, 1.54) is 12.1 Å². The van der Waals surface area contributed by atoms with Crippen LogP contribution in [-0.2, 0) is 0 Å². The zero-order chi connectivity index (χ0) is 45.8. The van der Waals surface area contributed by atoms with Crippen molar-refractivity contribution in [2.75, 3.05) is 16.5 Å². The molecular formula is C60H48F2N4O. The van der Waals surface area contributed by atoms with Crippen LogP contribution < -0.4 is 14.5 Å². The number of benzene rings is 8. The van der Waals surface area contributed by atoms with Crippen molar-refractivity contribution < 1.29 is 13.5 Å². The lowest BCUT2D eigenvalue weighted by molar-refractivity contribution is 0.483. The lowest BCUT2D eigenvalue weighted by Crippen LogP contribution is -2.26. The van der Waals surface area contributed by atoms with Crippen LogP contribution in [0, 0.1) is 11.6 Å². The highest BCUT2D eigenvalue weighted by molar-refractivity contribution is 6.09. The highest BCUT2D eigenvalue weighted by Gasteiger charge is 2.33. The third-order valence-corrected chi connectivity index (χ3v) is 12.9. The van der Waals surface area contributed by atoms with E-state index < -0.39 is 11.6 Å². The maximum Gasteiger partial charge on any atom is 0.137 e. The molecule has 10 aromatic rings. The minimum Gasteiger partial charge on any atom is -0.457 e. The van der Waals surface area contributed by atoms with Crippen molar-refractivity contribution in [3.05, 3.63) is 217 Å². The van der Waals surface area contributed by atoms with Crippen LogP contribution in [0.3, 0.4) is 0 Å². The lowest BCUT2D eigenvalue weighted by Gasteiger charge is -2.30. The molecule has 2 aromatic heterocycles. The molecule has 67 heavy (non-hydrogen) atoms. The number of hydrogen-bond donors (Lipinski definition) is 0. The summed E-state index contributed by atoms with van der Waals surface area (Å²) in [5.41, 5.74) is 14.2. The summed E-state index contributed by atoms with van der Waals surface area (Å²) in [4.78, 5) is 9.51. The summed E-state index contributed by atoms with van der Waals surface area (Å²) in [5, 5.41) is 2.27. The molecule has 0 N–H and O–H groups in total. The Kier molecular flexibility index (Phi) is 10.6. The highest BCUT2D eigenvalue weighted by atomic mass is 19.1. The minimum atomic E-state index is -0.591. The summed E-state index contributed by atoms with van der Waals surface area (Å²) >= 11 is 0. The van der Waals surface area contributed by atoms with Crippen LogP contribution in [0.1, 0.15) is 50.7 Å². The minimum absolute atomic E-state index is 0.114. The SMILES string of the molecule is CC(C)c1cc(-c2cc(F)cc(F)c2)cc(C(C)C)c1N1CN(c2cc(Oc3ccc4c5ccccc5n(-c5ccccn5)c4c3)cc(-c3ccc(-c4ccccc4)cc3)c2)c2ccccc21. The van der Waals surface area contributed by atoms with Gasteiger partial charge in [0.1, 0.15) is 35.6 Å². The standard InChI is InChI=1S/C60H48F2N4O/c1-38(2)53-32-45(43-28-46(61)34-47(62)29-43)33-54(39(3)4)60(53)65-37-64(56-18-10-11-19-57(56)65)48-30-44(42-23-21-41(22-24-42)40-14-6-5-7-15-40)31-50(35-48)67-49-25-26-52-51-16-8-9-17-55(51)66(58(52)36-49)59-20-12-13-27-63-59/h5-36,38-39H,37H2,1-4H3. The Morgan fingerprint density at radius 1 is 0.463 bits per heavy atom. The van der Waals surface area contributed by atoms with Gasteiger partial charge in [-0.15, -0.1) is 0 Å². The Labute approximate surface area is 389 Å². The van der Waals surface area contributed by atoms with Gasteiger partial charge in [0.2, 0.25) is 0 Å². The summed E-state index contributed by atoms with van der Waals surface area (Å²) in [6.45, 7) is 9.26. The predicted molar refractivity (Wildman–Crippen MR) is 272 cm³/mol. The van der Waals surface area contributed by atoms with Crippen molar-refractivity contribution in [2.24, 2.45) is 0 Å². The van der Waals surface area contributed by atoms with Crippen LogP contribution in [-0.4, -0.2) is 16.2 Å². The van der Waals surface area contributed by atoms with Gasteiger partial charge in [-0.05, 0) is 135 Å². The molecular weight excluding hydrogens is 831 g/mol. The Morgan fingerprint density at radius 3 is 1.73 bits per heavy atom.